The standard InChI is InChI=1S/C26H25ClN2O4/c1-2-24(30)29(16-18-8-11-21(27)12-9-18)25(20-6-4-3-5-7-20)26(31)28-15-19-10-13-22-23(14-19)33-17-32-22/h3-14,25H,2,15-17H2,1H3,(H,28,31). The van der Waals surface area contributed by atoms with Crippen molar-refractivity contribution in [3.63, 3.8) is 0 Å². The van der Waals surface area contributed by atoms with Crippen molar-refractivity contribution in [3.8, 4) is 11.5 Å². The Morgan fingerprint density at radius 1 is 0.970 bits per heavy atom. The first-order valence-corrected chi connectivity index (χ1v) is 11.2. The van der Waals surface area contributed by atoms with Gasteiger partial charge in [-0.2, -0.15) is 0 Å². The molecule has 1 N–H and O–H groups in total. The number of rotatable bonds is 8. The normalized spacial score (nSPS) is 12.8. The summed E-state index contributed by atoms with van der Waals surface area (Å²) in [5.74, 6) is 0.980. The van der Waals surface area contributed by atoms with Crippen LogP contribution in [0.1, 0.15) is 36.1 Å². The van der Waals surface area contributed by atoms with Crippen LogP contribution in [-0.2, 0) is 22.7 Å². The Morgan fingerprint density at radius 2 is 1.67 bits per heavy atom. The SMILES string of the molecule is CCC(=O)N(Cc1ccc(Cl)cc1)C(C(=O)NCc1ccc2c(c1)OCO2)c1ccccc1. The number of hydrogen-bond donors (Lipinski definition) is 1. The van der Waals surface area contributed by atoms with Crippen LogP contribution < -0.4 is 14.8 Å². The second kappa shape index (κ2) is 10.4. The summed E-state index contributed by atoms with van der Waals surface area (Å²) in [7, 11) is 0. The van der Waals surface area contributed by atoms with Crippen LogP contribution in [0.5, 0.6) is 11.5 Å². The van der Waals surface area contributed by atoms with Gasteiger partial charge in [-0.25, -0.2) is 0 Å². The van der Waals surface area contributed by atoms with E-state index >= 15 is 0 Å². The average Bonchev–Trinajstić information content (AvgIpc) is 3.32. The molecule has 0 radical (unpaired) electrons. The van der Waals surface area contributed by atoms with Crippen LogP contribution >= 0.6 is 11.6 Å². The highest BCUT2D eigenvalue weighted by Gasteiger charge is 2.30. The van der Waals surface area contributed by atoms with Crippen molar-refractivity contribution in [3.05, 3.63) is 94.5 Å². The Morgan fingerprint density at radius 3 is 2.39 bits per heavy atom. The second-order valence-electron chi connectivity index (χ2n) is 7.72. The molecular weight excluding hydrogens is 440 g/mol. The number of nitrogens with one attached hydrogen (secondary N) is 1. The molecule has 4 rings (SSSR count). The Bertz CT molecular complexity index is 1120. The Kier molecular flexibility index (Phi) is 7.15. The van der Waals surface area contributed by atoms with Gasteiger partial charge in [0.1, 0.15) is 6.04 Å². The first-order valence-electron chi connectivity index (χ1n) is 10.8. The third-order valence-corrected chi connectivity index (χ3v) is 5.72. The average molecular weight is 465 g/mol. The number of hydrogen-bond acceptors (Lipinski definition) is 4. The van der Waals surface area contributed by atoms with Crippen LogP contribution in [0.15, 0.2) is 72.8 Å². The van der Waals surface area contributed by atoms with Crippen molar-refractivity contribution in [1.29, 1.82) is 0 Å². The number of ether oxygens (including phenoxy) is 2. The molecular formula is C26H25ClN2O4. The predicted octanol–water partition coefficient (Wildman–Crippen LogP) is 4.87. The zero-order valence-electron chi connectivity index (χ0n) is 18.3. The van der Waals surface area contributed by atoms with Gasteiger partial charge in [0.05, 0.1) is 0 Å². The van der Waals surface area contributed by atoms with Crippen LogP contribution in [0.25, 0.3) is 0 Å². The third kappa shape index (κ3) is 5.46. The van der Waals surface area contributed by atoms with E-state index in [2.05, 4.69) is 5.32 Å². The number of halogens is 1. The molecule has 3 aromatic rings. The number of amides is 2. The van der Waals surface area contributed by atoms with Crippen LogP contribution in [0, 0.1) is 0 Å². The zero-order valence-corrected chi connectivity index (χ0v) is 19.0. The monoisotopic (exact) mass is 464 g/mol. The lowest BCUT2D eigenvalue weighted by Gasteiger charge is -2.31. The summed E-state index contributed by atoms with van der Waals surface area (Å²) in [5.41, 5.74) is 2.52. The third-order valence-electron chi connectivity index (χ3n) is 5.47. The van der Waals surface area contributed by atoms with E-state index in [1.165, 1.54) is 0 Å². The number of nitrogens with zero attached hydrogens (tertiary/aromatic N) is 1. The van der Waals surface area contributed by atoms with Crippen molar-refractivity contribution in [1.82, 2.24) is 10.2 Å². The molecule has 7 heteroatoms. The van der Waals surface area contributed by atoms with Gasteiger partial charge in [-0.05, 0) is 41.0 Å². The minimum absolute atomic E-state index is 0.114. The molecule has 2 amide bonds. The zero-order chi connectivity index (χ0) is 23.2. The Hall–Kier alpha value is -3.51. The maximum Gasteiger partial charge on any atom is 0.247 e. The molecule has 1 heterocycles. The van der Waals surface area contributed by atoms with Crippen molar-refractivity contribution in [2.45, 2.75) is 32.5 Å². The second-order valence-corrected chi connectivity index (χ2v) is 8.16. The molecule has 3 aromatic carbocycles. The van der Waals surface area contributed by atoms with E-state index < -0.39 is 6.04 Å². The molecule has 0 aliphatic carbocycles. The van der Waals surface area contributed by atoms with Crippen molar-refractivity contribution < 1.29 is 19.1 Å². The minimum atomic E-state index is -0.775. The van der Waals surface area contributed by atoms with E-state index in [9.17, 15) is 9.59 Å². The molecule has 33 heavy (non-hydrogen) atoms. The summed E-state index contributed by atoms with van der Waals surface area (Å²) in [6.45, 7) is 2.58. The lowest BCUT2D eigenvalue weighted by molar-refractivity contribution is -0.141. The van der Waals surface area contributed by atoms with Gasteiger partial charge in [0.25, 0.3) is 0 Å². The van der Waals surface area contributed by atoms with Crippen LogP contribution in [0.3, 0.4) is 0 Å². The fourth-order valence-electron chi connectivity index (χ4n) is 3.76. The maximum atomic E-state index is 13.5. The van der Waals surface area contributed by atoms with Crippen LogP contribution in [0.4, 0.5) is 0 Å². The van der Waals surface area contributed by atoms with Gasteiger partial charge in [-0.15, -0.1) is 0 Å². The van der Waals surface area contributed by atoms with Gasteiger partial charge in [-0.1, -0.05) is 67.1 Å². The van der Waals surface area contributed by atoms with Gasteiger partial charge in [0.2, 0.25) is 18.6 Å². The number of fused-ring (bicyclic) bond motifs is 1. The molecule has 0 bridgehead atoms. The number of carbonyl (C=O) groups is 2. The highest BCUT2D eigenvalue weighted by molar-refractivity contribution is 6.30. The molecule has 1 aliphatic rings. The molecule has 6 nitrogen and oxygen atoms in total. The van der Waals surface area contributed by atoms with E-state index in [1.54, 1.807) is 24.0 Å². The van der Waals surface area contributed by atoms with Crippen LogP contribution in [-0.4, -0.2) is 23.5 Å². The summed E-state index contributed by atoms with van der Waals surface area (Å²) in [5, 5.41) is 3.61. The first-order chi connectivity index (χ1) is 16.0. The van der Waals surface area contributed by atoms with Gasteiger partial charge in [-0.3, -0.25) is 9.59 Å². The fourth-order valence-corrected chi connectivity index (χ4v) is 3.88. The molecule has 1 atom stereocenters. The Balaban J connectivity index is 1.58. The summed E-state index contributed by atoms with van der Waals surface area (Å²) in [6, 6.07) is 21.4. The van der Waals surface area contributed by atoms with E-state index in [-0.39, 0.29) is 25.0 Å². The lowest BCUT2D eigenvalue weighted by atomic mass is 10.0. The largest absolute Gasteiger partial charge is 0.454 e. The Labute approximate surface area is 198 Å². The van der Waals surface area contributed by atoms with E-state index in [4.69, 9.17) is 21.1 Å². The van der Waals surface area contributed by atoms with Gasteiger partial charge >= 0.3 is 0 Å². The molecule has 0 saturated heterocycles. The van der Waals surface area contributed by atoms with Gasteiger partial charge < -0.3 is 19.7 Å². The van der Waals surface area contributed by atoms with Crippen molar-refractivity contribution >= 4 is 23.4 Å². The summed E-state index contributed by atoms with van der Waals surface area (Å²) in [4.78, 5) is 28.1. The minimum Gasteiger partial charge on any atom is -0.454 e. The smallest absolute Gasteiger partial charge is 0.247 e. The van der Waals surface area contributed by atoms with Gasteiger partial charge in [0, 0.05) is 24.5 Å². The molecule has 170 valence electrons. The molecule has 1 unspecified atom stereocenters. The quantitative estimate of drug-likeness (QED) is 0.516. The molecule has 0 fully saturated rings. The topological polar surface area (TPSA) is 67.9 Å². The fraction of sp³-hybridized carbons (Fsp3) is 0.231. The summed E-state index contributed by atoms with van der Waals surface area (Å²) in [6.07, 6.45) is 0.284. The number of carbonyl (C=O) groups excluding carboxylic acids is 2. The van der Waals surface area contributed by atoms with E-state index in [0.29, 0.717) is 29.6 Å². The van der Waals surface area contributed by atoms with E-state index in [0.717, 1.165) is 16.7 Å². The summed E-state index contributed by atoms with van der Waals surface area (Å²) < 4.78 is 10.8. The first kappa shape index (κ1) is 22.7. The predicted molar refractivity (Wildman–Crippen MR) is 126 cm³/mol. The molecule has 0 spiro atoms. The van der Waals surface area contributed by atoms with E-state index in [1.807, 2.05) is 60.7 Å². The molecule has 0 aromatic heterocycles. The number of benzene rings is 3. The highest BCUT2D eigenvalue weighted by atomic mass is 35.5. The molecule has 1 aliphatic heterocycles. The maximum absolute atomic E-state index is 13.5. The van der Waals surface area contributed by atoms with Crippen molar-refractivity contribution in [2.24, 2.45) is 0 Å². The summed E-state index contributed by atoms with van der Waals surface area (Å²) >= 11 is 6.02. The lowest BCUT2D eigenvalue weighted by Crippen LogP contribution is -2.43. The van der Waals surface area contributed by atoms with Crippen LogP contribution in [0.2, 0.25) is 5.02 Å². The van der Waals surface area contributed by atoms with Gasteiger partial charge in [0.15, 0.2) is 11.5 Å². The highest BCUT2D eigenvalue weighted by Crippen LogP contribution is 2.32. The van der Waals surface area contributed by atoms with Crippen molar-refractivity contribution in [2.75, 3.05) is 6.79 Å². The molecule has 0 saturated carbocycles.